The highest BCUT2D eigenvalue weighted by Gasteiger charge is 2.32. The number of halogens is 2. The number of nitrogens with zero attached hydrogens (tertiary/aromatic N) is 2. The van der Waals surface area contributed by atoms with E-state index in [2.05, 4.69) is 6.92 Å². The largest absolute Gasteiger partial charge is 0.335 e. The van der Waals surface area contributed by atoms with E-state index in [0.29, 0.717) is 25.6 Å². The maximum Gasteiger partial charge on any atom is 0.277 e. The standard InChI is InChI=1S/C18H25ClFN3O3S/c1-14-3-2-6-21(12-14)13-18(24)22-7-9-23(10-8-22)27(25,26)15-4-5-17(20)16(19)11-15/h4-5,11,14H,2-3,6-10,12-13H2,1H3/p+1/t14-/m1/s1. The van der Waals surface area contributed by atoms with Crippen LogP contribution < -0.4 is 4.90 Å². The van der Waals surface area contributed by atoms with Crippen LogP contribution in [0.1, 0.15) is 19.8 Å². The van der Waals surface area contributed by atoms with Crippen molar-refractivity contribution in [2.45, 2.75) is 24.7 Å². The average Bonchev–Trinajstić information content (AvgIpc) is 2.64. The number of hydrogen-bond acceptors (Lipinski definition) is 3. The van der Waals surface area contributed by atoms with Gasteiger partial charge in [-0.05, 0) is 31.0 Å². The summed E-state index contributed by atoms with van der Waals surface area (Å²) in [5, 5.41) is -0.219. The minimum atomic E-state index is -3.75. The summed E-state index contributed by atoms with van der Waals surface area (Å²) in [7, 11) is -3.75. The normalized spacial score (nSPS) is 24.8. The molecule has 2 atom stereocenters. The van der Waals surface area contributed by atoms with Gasteiger partial charge >= 0.3 is 0 Å². The van der Waals surface area contributed by atoms with E-state index in [0.717, 1.165) is 31.6 Å². The molecule has 1 N–H and O–H groups in total. The van der Waals surface area contributed by atoms with Gasteiger partial charge in [0, 0.05) is 32.1 Å². The number of rotatable bonds is 4. The van der Waals surface area contributed by atoms with Crippen LogP contribution in [0.2, 0.25) is 5.02 Å². The average molecular weight is 419 g/mol. The number of quaternary nitrogens is 1. The molecule has 27 heavy (non-hydrogen) atoms. The van der Waals surface area contributed by atoms with Crippen molar-refractivity contribution in [2.24, 2.45) is 5.92 Å². The number of benzene rings is 1. The van der Waals surface area contributed by atoms with Crippen molar-refractivity contribution in [1.82, 2.24) is 9.21 Å². The van der Waals surface area contributed by atoms with Crippen LogP contribution in [-0.4, -0.2) is 69.3 Å². The number of sulfonamides is 1. The molecule has 0 radical (unpaired) electrons. The van der Waals surface area contributed by atoms with Gasteiger partial charge in [0.15, 0.2) is 6.54 Å². The Labute approximate surface area is 164 Å². The summed E-state index contributed by atoms with van der Waals surface area (Å²) in [5.74, 6) is 0.0765. The minimum Gasteiger partial charge on any atom is -0.335 e. The molecule has 2 saturated heterocycles. The molecule has 1 amide bonds. The molecule has 1 unspecified atom stereocenters. The third-order valence-electron chi connectivity index (χ3n) is 5.39. The number of amides is 1. The number of piperazine rings is 1. The van der Waals surface area contributed by atoms with Crippen molar-refractivity contribution in [3.63, 3.8) is 0 Å². The fourth-order valence-corrected chi connectivity index (χ4v) is 5.54. The van der Waals surface area contributed by atoms with E-state index in [1.807, 2.05) is 0 Å². The number of nitrogens with one attached hydrogen (secondary N) is 1. The Morgan fingerprint density at radius 3 is 2.63 bits per heavy atom. The van der Waals surface area contributed by atoms with Crippen molar-refractivity contribution < 1.29 is 22.5 Å². The van der Waals surface area contributed by atoms with E-state index in [-0.39, 0.29) is 28.9 Å². The predicted octanol–water partition coefficient (Wildman–Crippen LogP) is 0.627. The molecule has 2 heterocycles. The summed E-state index contributed by atoms with van der Waals surface area (Å²) in [6.07, 6.45) is 2.37. The Balaban J connectivity index is 1.57. The van der Waals surface area contributed by atoms with Crippen LogP contribution in [0.25, 0.3) is 0 Å². The van der Waals surface area contributed by atoms with E-state index in [4.69, 9.17) is 11.6 Å². The highest BCUT2D eigenvalue weighted by atomic mass is 35.5. The zero-order valence-electron chi connectivity index (χ0n) is 15.5. The molecule has 0 saturated carbocycles. The van der Waals surface area contributed by atoms with Gasteiger partial charge in [0.2, 0.25) is 10.0 Å². The van der Waals surface area contributed by atoms with Crippen molar-refractivity contribution in [3.8, 4) is 0 Å². The molecule has 9 heteroatoms. The SMILES string of the molecule is C[C@@H]1CCC[NH+](CC(=O)N2CCN(S(=O)(=O)c3ccc(F)c(Cl)c3)CC2)C1. The molecular weight excluding hydrogens is 393 g/mol. The van der Waals surface area contributed by atoms with Crippen LogP contribution in [-0.2, 0) is 14.8 Å². The molecular formula is C18H26ClFN3O3S+. The lowest BCUT2D eigenvalue weighted by atomic mass is 10.0. The summed E-state index contributed by atoms with van der Waals surface area (Å²) in [6, 6.07) is 3.40. The Hall–Kier alpha value is -1.22. The summed E-state index contributed by atoms with van der Waals surface area (Å²) in [4.78, 5) is 15.6. The highest BCUT2D eigenvalue weighted by Crippen LogP contribution is 2.23. The summed E-state index contributed by atoms with van der Waals surface area (Å²) in [5.41, 5.74) is 0. The molecule has 1 aromatic rings. The fourth-order valence-electron chi connectivity index (χ4n) is 3.85. The van der Waals surface area contributed by atoms with Crippen molar-refractivity contribution in [3.05, 3.63) is 29.0 Å². The lowest BCUT2D eigenvalue weighted by Gasteiger charge is -2.35. The maximum absolute atomic E-state index is 13.3. The zero-order valence-corrected chi connectivity index (χ0v) is 17.0. The van der Waals surface area contributed by atoms with Gasteiger partial charge in [-0.15, -0.1) is 0 Å². The topological polar surface area (TPSA) is 62.1 Å². The van der Waals surface area contributed by atoms with Crippen LogP contribution >= 0.6 is 11.6 Å². The summed E-state index contributed by atoms with van der Waals surface area (Å²) >= 11 is 5.71. The molecule has 2 aliphatic rings. The summed E-state index contributed by atoms with van der Waals surface area (Å²) < 4.78 is 40.1. The Kier molecular flexibility index (Phi) is 6.40. The smallest absolute Gasteiger partial charge is 0.277 e. The number of carbonyl (C=O) groups excluding carboxylic acids is 1. The molecule has 2 fully saturated rings. The molecule has 0 aromatic heterocycles. The number of hydrogen-bond donors (Lipinski definition) is 1. The van der Waals surface area contributed by atoms with Crippen LogP contribution in [0, 0.1) is 11.7 Å². The van der Waals surface area contributed by atoms with Crippen LogP contribution in [0.15, 0.2) is 23.1 Å². The highest BCUT2D eigenvalue weighted by molar-refractivity contribution is 7.89. The first-order chi connectivity index (χ1) is 12.8. The van der Waals surface area contributed by atoms with Gasteiger partial charge < -0.3 is 9.80 Å². The number of likely N-dealkylation sites (tertiary alicyclic amines) is 1. The van der Waals surface area contributed by atoms with Crippen LogP contribution in [0.3, 0.4) is 0 Å². The summed E-state index contributed by atoms with van der Waals surface area (Å²) in [6.45, 7) is 5.94. The molecule has 150 valence electrons. The van der Waals surface area contributed by atoms with Crippen molar-refractivity contribution in [1.29, 1.82) is 0 Å². The predicted molar refractivity (Wildman–Crippen MR) is 101 cm³/mol. The second-order valence-corrected chi connectivity index (χ2v) is 9.83. The van der Waals surface area contributed by atoms with E-state index < -0.39 is 15.8 Å². The lowest BCUT2D eigenvalue weighted by Crippen LogP contribution is -3.14. The van der Waals surface area contributed by atoms with Gasteiger partial charge in [-0.1, -0.05) is 18.5 Å². The molecule has 6 nitrogen and oxygen atoms in total. The zero-order chi connectivity index (χ0) is 19.6. The van der Waals surface area contributed by atoms with Gasteiger partial charge in [-0.25, -0.2) is 12.8 Å². The van der Waals surface area contributed by atoms with Gasteiger partial charge in [0.1, 0.15) is 5.82 Å². The molecule has 0 aliphatic carbocycles. The van der Waals surface area contributed by atoms with Gasteiger partial charge in [0.25, 0.3) is 5.91 Å². The first-order valence-corrected chi connectivity index (χ1v) is 11.2. The number of carbonyl (C=O) groups is 1. The quantitative estimate of drug-likeness (QED) is 0.780. The Morgan fingerprint density at radius 2 is 2.00 bits per heavy atom. The van der Waals surface area contributed by atoms with Gasteiger partial charge in [-0.3, -0.25) is 4.79 Å². The molecule has 0 bridgehead atoms. The van der Waals surface area contributed by atoms with Crippen LogP contribution in [0.5, 0.6) is 0 Å². The fraction of sp³-hybridized carbons (Fsp3) is 0.611. The van der Waals surface area contributed by atoms with Crippen molar-refractivity contribution in [2.75, 3.05) is 45.8 Å². The first kappa shape index (κ1) is 20.5. The van der Waals surface area contributed by atoms with Crippen LogP contribution in [0.4, 0.5) is 4.39 Å². The molecule has 0 spiro atoms. The van der Waals surface area contributed by atoms with E-state index in [1.54, 1.807) is 4.90 Å². The molecule has 1 aromatic carbocycles. The lowest BCUT2D eigenvalue weighted by molar-refractivity contribution is -0.900. The Morgan fingerprint density at radius 1 is 1.30 bits per heavy atom. The Bertz CT molecular complexity index is 797. The third kappa shape index (κ3) is 4.80. The van der Waals surface area contributed by atoms with Crippen molar-refractivity contribution >= 4 is 27.5 Å². The molecule has 3 rings (SSSR count). The second kappa shape index (κ2) is 8.43. The first-order valence-electron chi connectivity index (χ1n) is 9.34. The third-order valence-corrected chi connectivity index (χ3v) is 7.57. The minimum absolute atomic E-state index is 0.0274. The maximum atomic E-state index is 13.3. The van der Waals surface area contributed by atoms with E-state index in [1.165, 1.54) is 21.7 Å². The van der Waals surface area contributed by atoms with Gasteiger partial charge in [-0.2, -0.15) is 4.31 Å². The number of piperidine rings is 1. The molecule has 2 aliphatic heterocycles. The van der Waals surface area contributed by atoms with Gasteiger partial charge in [0.05, 0.1) is 23.0 Å². The van der Waals surface area contributed by atoms with E-state index in [9.17, 15) is 17.6 Å². The monoisotopic (exact) mass is 418 g/mol. The second-order valence-electron chi connectivity index (χ2n) is 7.49. The van der Waals surface area contributed by atoms with E-state index >= 15 is 0 Å².